The molecule has 0 saturated carbocycles. The highest BCUT2D eigenvalue weighted by atomic mass is 16.5. The van der Waals surface area contributed by atoms with Crippen LogP contribution in [0, 0.1) is 0 Å². The zero-order valence-electron chi connectivity index (χ0n) is 10.8. The van der Waals surface area contributed by atoms with E-state index in [1.807, 2.05) is 12.1 Å². The number of aryl methyl sites for hydroxylation is 1. The number of para-hydroxylation sites is 1. The fourth-order valence-electron chi connectivity index (χ4n) is 2.20. The normalized spacial score (nSPS) is 15.9. The van der Waals surface area contributed by atoms with Crippen molar-refractivity contribution in [3.05, 3.63) is 29.3 Å². The van der Waals surface area contributed by atoms with Gasteiger partial charge in [0, 0.05) is 25.8 Å². The summed E-state index contributed by atoms with van der Waals surface area (Å²) in [6.45, 7) is 2.65. The summed E-state index contributed by atoms with van der Waals surface area (Å²) in [5.41, 5.74) is 2.09. The van der Waals surface area contributed by atoms with Crippen LogP contribution in [-0.4, -0.2) is 38.5 Å². The number of rotatable bonds is 6. The summed E-state index contributed by atoms with van der Waals surface area (Å²) in [5, 5.41) is 13.4. The fourth-order valence-corrected chi connectivity index (χ4v) is 2.20. The number of aliphatic hydroxyl groups excluding tert-OH is 1. The minimum absolute atomic E-state index is 0.517. The topological polar surface area (TPSA) is 50.7 Å². The van der Waals surface area contributed by atoms with Gasteiger partial charge in [-0.05, 0) is 18.4 Å². The molecule has 4 nitrogen and oxygen atoms in total. The number of ether oxygens (including phenoxy) is 2. The van der Waals surface area contributed by atoms with Crippen LogP contribution in [0.15, 0.2) is 18.2 Å². The first-order chi connectivity index (χ1) is 8.83. The highest BCUT2D eigenvalue weighted by Gasteiger charge is 2.18. The Morgan fingerprint density at radius 3 is 3.22 bits per heavy atom. The van der Waals surface area contributed by atoms with Crippen molar-refractivity contribution in [1.29, 1.82) is 0 Å². The van der Waals surface area contributed by atoms with Gasteiger partial charge in [0.2, 0.25) is 0 Å². The number of methoxy groups -OCH3 is 1. The van der Waals surface area contributed by atoms with E-state index in [0.717, 1.165) is 37.3 Å². The van der Waals surface area contributed by atoms with Crippen LogP contribution in [-0.2, 0) is 11.2 Å². The van der Waals surface area contributed by atoms with Crippen LogP contribution in [0.2, 0.25) is 0 Å². The fraction of sp³-hybridized carbons (Fsp3) is 0.571. The second-order valence-electron chi connectivity index (χ2n) is 4.50. The highest BCUT2D eigenvalue weighted by Crippen LogP contribution is 2.32. The molecule has 0 spiro atoms. The lowest BCUT2D eigenvalue weighted by molar-refractivity contribution is 0.156. The Morgan fingerprint density at radius 1 is 1.50 bits per heavy atom. The van der Waals surface area contributed by atoms with Crippen molar-refractivity contribution < 1.29 is 14.6 Å². The summed E-state index contributed by atoms with van der Waals surface area (Å²) in [7, 11) is 1.67. The Kier molecular flexibility index (Phi) is 4.99. The average molecular weight is 251 g/mol. The van der Waals surface area contributed by atoms with Gasteiger partial charge in [-0.15, -0.1) is 0 Å². The van der Waals surface area contributed by atoms with Crippen molar-refractivity contribution in [2.45, 2.75) is 18.9 Å². The van der Waals surface area contributed by atoms with Gasteiger partial charge in [-0.2, -0.15) is 0 Å². The van der Waals surface area contributed by atoms with Gasteiger partial charge in [-0.1, -0.05) is 18.2 Å². The van der Waals surface area contributed by atoms with Gasteiger partial charge in [0.15, 0.2) is 0 Å². The van der Waals surface area contributed by atoms with Crippen molar-refractivity contribution >= 4 is 0 Å². The summed E-state index contributed by atoms with van der Waals surface area (Å²) in [6.07, 6.45) is 1.56. The van der Waals surface area contributed by atoms with E-state index in [-0.39, 0.29) is 0 Å². The lowest BCUT2D eigenvalue weighted by Crippen LogP contribution is -2.25. The molecule has 0 aromatic heterocycles. The number of hydrogen-bond acceptors (Lipinski definition) is 4. The highest BCUT2D eigenvalue weighted by molar-refractivity contribution is 5.44. The average Bonchev–Trinajstić information content (AvgIpc) is 2.43. The van der Waals surface area contributed by atoms with Gasteiger partial charge < -0.3 is 19.9 Å². The summed E-state index contributed by atoms with van der Waals surface area (Å²) in [4.78, 5) is 0. The summed E-state index contributed by atoms with van der Waals surface area (Å²) >= 11 is 0. The summed E-state index contributed by atoms with van der Waals surface area (Å²) < 4.78 is 10.6. The van der Waals surface area contributed by atoms with Crippen LogP contribution in [0.5, 0.6) is 5.75 Å². The lowest BCUT2D eigenvalue weighted by Gasteiger charge is -2.23. The Hall–Kier alpha value is -1.10. The van der Waals surface area contributed by atoms with E-state index >= 15 is 0 Å². The maximum Gasteiger partial charge on any atom is 0.128 e. The Morgan fingerprint density at radius 2 is 2.39 bits per heavy atom. The molecule has 2 rings (SSSR count). The number of nitrogens with one attached hydrogen (secondary N) is 1. The van der Waals surface area contributed by atoms with Crippen molar-refractivity contribution in [3.8, 4) is 5.75 Å². The summed E-state index contributed by atoms with van der Waals surface area (Å²) in [5.74, 6) is 0.879. The van der Waals surface area contributed by atoms with E-state index in [0.29, 0.717) is 13.2 Å². The molecule has 18 heavy (non-hydrogen) atoms. The molecule has 1 aromatic rings. The molecule has 1 unspecified atom stereocenters. The van der Waals surface area contributed by atoms with Gasteiger partial charge in [0.05, 0.1) is 19.3 Å². The lowest BCUT2D eigenvalue weighted by atomic mass is 9.99. The van der Waals surface area contributed by atoms with Crippen molar-refractivity contribution in [1.82, 2.24) is 5.32 Å². The maximum absolute atomic E-state index is 10.2. The molecule has 100 valence electrons. The third kappa shape index (κ3) is 3.22. The molecule has 0 aliphatic carbocycles. The first kappa shape index (κ1) is 13.3. The molecule has 1 heterocycles. The van der Waals surface area contributed by atoms with E-state index in [4.69, 9.17) is 9.47 Å². The van der Waals surface area contributed by atoms with Crippen LogP contribution in [0.3, 0.4) is 0 Å². The Bertz CT molecular complexity index is 381. The second kappa shape index (κ2) is 6.73. The largest absolute Gasteiger partial charge is 0.493 e. The van der Waals surface area contributed by atoms with Crippen LogP contribution >= 0.6 is 0 Å². The van der Waals surface area contributed by atoms with Crippen LogP contribution in [0.4, 0.5) is 0 Å². The number of benzene rings is 1. The molecular weight excluding hydrogens is 230 g/mol. The number of aliphatic hydroxyl groups is 1. The predicted octanol–water partition coefficient (Wildman–Crippen LogP) is 1.28. The maximum atomic E-state index is 10.2. The van der Waals surface area contributed by atoms with E-state index in [1.165, 1.54) is 5.56 Å². The van der Waals surface area contributed by atoms with Crippen molar-refractivity contribution in [2.24, 2.45) is 0 Å². The van der Waals surface area contributed by atoms with E-state index in [2.05, 4.69) is 11.4 Å². The van der Waals surface area contributed by atoms with E-state index in [9.17, 15) is 5.11 Å². The number of fused-ring (bicyclic) bond motifs is 1. The Balaban J connectivity index is 1.99. The monoisotopic (exact) mass is 251 g/mol. The third-order valence-electron chi connectivity index (χ3n) is 3.14. The van der Waals surface area contributed by atoms with E-state index in [1.54, 1.807) is 7.11 Å². The molecule has 0 saturated heterocycles. The van der Waals surface area contributed by atoms with E-state index < -0.39 is 6.10 Å². The SMILES string of the molecule is COCCNCC(O)c1cccc2c1OCCC2. The molecule has 4 heteroatoms. The van der Waals surface area contributed by atoms with Gasteiger partial charge in [0.1, 0.15) is 5.75 Å². The molecular formula is C14H21NO3. The van der Waals surface area contributed by atoms with Gasteiger partial charge in [-0.25, -0.2) is 0 Å². The molecule has 0 bridgehead atoms. The smallest absolute Gasteiger partial charge is 0.128 e. The van der Waals surface area contributed by atoms with Gasteiger partial charge in [0.25, 0.3) is 0 Å². The van der Waals surface area contributed by atoms with Crippen LogP contribution < -0.4 is 10.1 Å². The minimum atomic E-state index is -0.532. The standard InChI is InChI=1S/C14H21NO3/c1-17-9-7-15-10-13(16)12-6-2-4-11-5-3-8-18-14(11)12/h2,4,6,13,15-16H,3,5,7-10H2,1H3. The third-order valence-corrected chi connectivity index (χ3v) is 3.14. The van der Waals surface area contributed by atoms with Crippen LogP contribution in [0.25, 0.3) is 0 Å². The second-order valence-corrected chi connectivity index (χ2v) is 4.50. The molecule has 1 aromatic carbocycles. The Labute approximate surface area is 108 Å². The predicted molar refractivity (Wildman–Crippen MR) is 70.0 cm³/mol. The molecule has 1 aliphatic rings. The quantitative estimate of drug-likeness (QED) is 0.748. The molecule has 1 aliphatic heterocycles. The molecule has 1 atom stereocenters. The molecule has 0 amide bonds. The first-order valence-corrected chi connectivity index (χ1v) is 6.45. The molecule has 0 fully saturated rings. The minimum Gasteiger partial charge on any atom is -0.493 e. The number of hydrogen-bond donors (Lipinski definition) is 2. The summed E-state index contributed by atoms with van der Waals surface area (Å²) in [6, 6.07) is 6.00. The van der Waals surface area contributed by atoms with Gasteiger partial charge >= 0.3 is 0 Å². The molecule has 0 radical (unpaired) electrons. The zero-order valence-corrected chi connectivity index (χ0v) is 10.8. The van der Waals surface area contributed by atoms with Crippen LogP contribution in [0.1, 0.15) is 23.7 Å². The first-order valence-electron chi connectivity index (χ1n) is 6.45. The van der Waals surface area contributed by atoms with Crippen molar-refractivity contribution in [3.63, 3.8) is 0 Å². The van der Waals surface area contributed by atoms with Crippen molar-refractivity contribution in [2.75, 3.05) is 33.4 Å². The zero-order chi connectivity index (χ0) is 12.8. The molecule has 2 N–H and O–H groups in total. The van der Waals surface area contributed by atoms with Gasteiger partial charge in [-0.3, -0.25) is 0 Å².